The maximum Gasteiger partial charge on any atom is 0.243 e. The second-order valence-electron chi connectivity index (χ2n) is 8.07. The Labute approximate surface area is 192 Å². The molecule has 0 unspecified atom stereocenters. The number of sulfonamides is 1. The molecule has 2 atom stereocenters. The van der Waals surface area contributed by atoms with Gasteiger partial charge in [0.1, 0.15) is 11.5 Å². The molecule has 4 rings (SSSR count). The van der Waals surface area contributed by atoms with Crippen molar-refractivity contribution in [3.63, 3.8) is 0 Å². The minimum atomic E-state index is -3.83. The Kier molecular flexibility index (Phi) is 6.51. The number of aryl methyl sites for hydroxylation is 1. The maximum absolute atomic E-state index is 13.2. The average molecular weight is 468 g/mol. The predicted octanol–water partition coefficient (Wildman–Crippen LogP) is 3.92. The Morgan fingerprint density at radius 2 is 1.70 bits per heavy atom. The minimum absolute atomic E-state index is 0.0559. The first kappa shape index (κ1) is 23.0. The van der Waals surface area contributed by atoms with Crippen molar-refractivity contribution in [2.75, 3.05) is 13.1 Å². The molecule has 0 radical (unpaired) electrons. The van der Waals surface area contributed by atoms with Crippen LogP contribution in [0.2, 0.25) is 0 Å². The van der Waals surface area contributed by atoms with Crippen LogP contribution in [0.15, 0.2) is 86.9 Å². The van der Waals surface area contributed by atoms with Gasteiger partial charge in [-0.1, -0.05) is 17.7 Å². The van der Waals surface area contributed by atoms with Crippen molar-refractivity contribution in [2.45, 2.75) is 23.8 Å². The van der Waals surface area contributed by atoms with E-state index in [2.05, 4.69) is 0 Å². The van der Waals surface area contributed by atoms with Gasteiger partial charge in [0.15, 0.2) is 5.78 Å². The lowest BCUT2D eigenvalue weighted by molar-refractivity contribution is -0.127. The summed E-state index contributed by atoms with van der Waals surface area (Å²) >= 11 is 0. The van der Waals surface area contributed by atoms with E-state index in [-0.39, 0.29) is 24.4 Å². The van der Waals surface area contributed by atoms with Crippen molar-refractivity contribution in [3.05, 3.63) is 90.3 Å². The van der Waals surface area contributed by atoms with Crippen LogP contribution >= 0.6 is 0 Å². The van der Waals surface area contributed by atoms with Gasteiger partial charge < -0.3 is 13.9 Å². The van der Waals surface area contributed by atoms with E-state index in [0.717, 1.165) is 5.56 Å². The van der Waals surface area contributed by atoms with Crippen LogP contribution < -0.4 is 0 Å². The van der Waals surface area contributed by atoms with Crippen molar-refractivity contribution >= 4 is 28.0 Å². The Balaban J connectivity index is 1.63. The first-order chi connectivity index (χ1) is 15.8. The van der Waals surface area contributed by atoms with Crippen LogP contribution in [0.1, 0.15) is 23.5 Å². The summed E-state index contributed by atoms with van der Waals surface area (Å²) < 4.78 is 38.2. The van der Waals surface area contributed by atoms with Crippen molar-refractivity contribution in [3.8, 4) is 0 Å². The van der Waals surface area contributed by atoms with Gasteiger partial charge in [0.2, 0.25) is 10.0 Å². The largest absolute Gasteiger partial charge is 0.465 e. The second-order valence-corrected chi connectivity index (χ2v) is 10.0. The molecule has 1 saturated heterocycles. The van der Waals surface area contributed by atoms with Gasteiger partial charge >= 0.3 is 0 Å². The molecule has 172 valence electrons. The molecule has 1 aromatic carbocycles. The molecule has 3 heterocycles. The molecule has 0 aliphatic carbocycles. The van der Waals surface area contributed by atoms with Crippen LogP contribution in [0.25, 0.3) is 12.2 Å². The zero-order valence-electron chi connectivity index (χ0n) is 18.1. The fourth-order valence-electron chi connectivity index (χ4n) is 3.82. The summed E-state index contributed by atoms with van der Waals surface area (Å²) in [6.45, 7) is 1.79. The van der Waals surface area contributed by atoms with E-state index >= 15 is 0 Å². The van der Waals surface area contributed by atoms with Gasteiger partial charge in [0.05, 0.1) is 28.9 Å². The summed E-state index contributed by atoms with van der Waals surface area (Å²) in [6, 6.07) is 13.4. The van der Waals surface area contributed by atoms with E-state index in [1.54, 1.807) is 54.6 Å². The molecule has 7 nitrogen and oxygen atoms in total. The first-order valence-corrected chi connectivity index (χ1v) is 12.0. The van der Waals surface area contributed by atoms with E-state index < -0.39 is 27.3 Å². The molecule has 1 aliphatic rings. The molecule has 0 amide bonds. The molecule has 1 aliphatic heterocycles. The molecule has 2 aromatic heterocycles. The standard InChI is InChI=1S/C25H25NO6S/c1-19-6-9-22(10-7-19)33(29,30)26-15-14-25(28,13-12-21-5-3-17-32-21)23(18-26)24(27)11-8-20-4-2-16-31-20/h2-13,16-17,23,28H,14-15,18H2,1H3/b11-8+,13-12+/t23-,25-/m0/s1. The van der Waals surface area contributed by atoms with Gasteiger partial charge in [-0.25, -0.2) is 8.42 Å². The van der Waals surface area contributed by atoms with Crippen LogP contribution in [-0.2, 0) is 14.8 Å². The normalized spacial score (nSPS) is 22.3. The van der Waals surface area contributed by atoms with Crippen LogP contribution in [-0.4, -0.2) is 42.3 Å². The number of piperidine rings is 1. The zero-order chi connectivity index (χ0) is 23.5. The molecule has 0 bridgehead atoms. The highest BCUT2D eigenvalue weighted by Gasteiger charge is 2.46. The Morgan fingerprint density at radius 3 is 2.30 bits per heavy atom. The number of rotatable bonds is 7. The average Bonchev–Trinajstić information content (AvgIpc) is 3.51. The molecular formula is C25H25NO6S. The van der Waals surface area contributed by atoms with E-state index in [4.69, 9.17) is 8.83 Å². The number of carbonyl (C=O) groups excluding carboxylic acids is 1. The van der Waals surface area contributed by atoms with Gasteiger partial charge in [-0.3, -0.25) is 4.79 Å². The van der Waals surface area contributed by atoms with Crippen molar-refractivity contribution in [1.29, 1.82) is 0 Å². The van der Waals surface area contributed by atoms with E-state index in [1.165, 1.54) is 35.1 Å². The summed E-state index contributed by atoms with van der Waals surface area (Å²) in [5, 5.41) is 11.4. The lowest BCUT2D eigenvalue weighted by Crippen LogP contribution is -2.54. The third-order valence-electron chi connectivity index (χ3n) is 5.79. The second kappa shape index (κ2) is 9.35. The van der Waals surface area contributed by atoms with Gasteiger partial charge in [-0.15, -0.1) is 0 Å². The molecular weight excluding hydrogens is 442 g/mol. The van der Waals surface area contributed by atoms with Crippen molar-refractivity contribution in [1.82, 2.24) is 4.31 Å². The van der Waals surface area contributed by atoms with Crippen molar-refractivity contribution < 1.29 is 27.2 Å². The highest BCUT2D eigenvalue weighted by Crippen LogP contribution is 2.34. The molecule has 1 fully saturated rings. The highest BCUT2D eigenvalue weighted by atomic mass is 32.2. The third-order valence-corrected chi connectivity index (χ3v) is 7.67. The monoisotopic (exact) mass is 467 g/mol. The summed E-state index contributed by atoms with van der Waals surface area (Å²) in [6.07, 6.45) is 8.99. The fraction of sp³-hybridized carbons (Fsp3) is 0.240. The first-order valence-electron chi connectivity index (χ1n) is 10.6. The lowest BCUT2D eigenvalue weighted by atomic mass is 9.78. The SMILES string of the molecule is Cc1ccc(S(=O)(=O)N2CC[C@@](O)(/C=C/c3ccco3)[C@H](C(=O)/C=C/c3ccco3)C2)cc1. The smallest absolute Gasteiger partial charge is 0.243 e. The Bertz CT molecular complexity index is 1240. The number of aliphatic hydroxyl groups is 1. The minimum Gasteiger partial charge on any atom is -0.465 e. The summed E-state index contributed by atoms with van der Waals surface area (Å²) in [5.74, 6) is -0.404. The number of nitrogens with zero attached hydrogens (tertiary/aromatic N) is 1. The summed E-state index contributed by atoms with van der Waals surface area (Å²) in [4.78, 5) is 13.3. The number of carbonyl (C=O) groups is 1. The van der Waals surface area contributed by atoms with Crippen LogP contribution in [0.4, 0.5) is 0 Å². The van der Waals surface area contributed by atoms with E-state index in [0.29, 0.717) is 11.5 Å². The Morgan fingerprint density at radius 1 is 1.06 bits per heavy atom. The van der Waals surface area contributed by atoms with E-state index in [1.807, 2.05) is 6.92 Å². The molecule has 1 N–H and O–H groups in total. The zero-order valence-corrected chi connectivity index (χ0v) is 18.9. The molecule has 3 aromatic rings. The van der Waals surface area contributed by atoms with Gasteiger partial charge in [-0.2, -0.15) is 4.31 Å². The molecule has 0 saturated carbocycles. The number of hydrogen-bond acceptors (Lipinski definition) is 6. The highest BCUT2D eigenvalue weighted by molar-refractivity contribution is 7.89. The predicted molar refractivity (Wildman–Crippen MR) is 123 cm³/mol. The maximum atomic E-state index is 13.2. The van der Waals surface area contributed by atoms with Crippen molar-refractivity contribution in [2.24, 2.45) is 5.92 Å². The number of benzene rings is 1. The quantitative estimate of drug-likeness (QED) is 0.529. The fourth-order valence-corrected chi connectivity index (χ4v) is 5.28. The molecule has 33 heavy (non-hydrogen) atoms. The van der Waals surface area contributed by atoms with Gasteiger partial charge in [0, 0.05) is 13.1 Å². The molecule has 0 spiro atoms. The number of allylic oxidation sites excluding steroid dienone is 1. The number of ketones is 1. The summed E-state index contributed by atoms with van der Waals surface area (Å²) in [5.41, 5.74) is -0.599. The third kappa shape index (κ3) is 5.08. The number of furan rings is 2. The lowest BCUT2D eigenvalue weighted by Gasteiger charge is -2.41. The van der Waals surface area contributed by atoms with Gasteiger partial charge in [0.25, 0.3) is 0 Å². The van der Waals surface area contributed by atoms with E-state index in [9.17, 15) is 18.3 Å². The van der Waals surface area contributed by atoms with Crippen LogP contribution in [0, 0.1) is 12.8 Å². The topological polar surface area (TPSA) is 101 Å². The summed E-state index contributed by atoms with van der Waals surface area (Å²) in [7, 11) is -3.83. The number of hydrogen-bond donors (Lipinski definition) is 1. The van der Waals surface area contributed by atoms with Crippen LogP contribution in [0.5, 0.6) is 0 Å². The molecule has 8 heteroatoms. The van der Waals surface area contributed by atoms with Gasteiger partial charge in [-0.05, 0) is 74.0 Å². The van der Waals surface area contributed by atoms with Crippen LogP contribution in [0.3, 0.4) is 0 Å². The Hall–Kier alpha value is -3.20.